The van der Waals surface area contributed by atoms with Gasteiger partial charge in [0.05, 0.1) is 5.69 Å². The number of nitrogen functional groups attached to an aromatic ring is 1. The number of H-pyrrole nitrogens is 1. The summed E-state index contributed by atoms with van der Waals surface area (Å²) >= 11 is 0. The zero-order valence-corrected chi connectivity index (χ0v) is 13.6. The molecule has 2 heterocycles. The largest absolute Gasteiger partial charge is 0.368 e. The van der Waals surface area contributed by atoms with Gasteiger partial charge < -0.3 is 16.0 Å². The van der Waals surface area contributed by atoms with Crippen LogP contribution < -0.4 is 16.6 Å². The summed E-state index contributed by atoms with van der Waals surface area (Å²) in [5, 5.41) is 3.14. The van der Waals surface area contributed by atoms with E-state index in [0.717, 1.165) is 16.8 Å². The van der Waals surface area contributed by atoms with Crippen LogP contribution in [-0.4, -0.2) is 15.0 Å². The topological polar surface area (TPSA) is 96.7 Å². The molecule has 0 unspecified atom stereocenters. The molecule has 0 bridgehead atoms. The summed E-state index contributed by atoms with van der Waals surface area (Å²) in [6.45, 7) is 4.47. The number of nitrogens with one attached hydrogen (secondary N) is 2. The van der Waals surface area contributed by atoms with E-state index in [-0.39, 0.29) is 11.5 Å². The number of aromatic amines is 1. The Labute approximate surface area is 139 Å². The molecule has 0 radical (unpaired) electrons. The molecule has 3 rings (SSSR count). The molecule has 6 heteroatoms. The number of aryl methyl sites for hydroxylation is 1. The number of hydrogen-bond acceptors (Lipinski definition) is 5. The molecule has 3 aromatic rings. The van der Waals surface area contributed by atoms with Crippen molar-refractivity contribution in [2.45, 2.75) is 20.4 Å². The first kappa shape index (κ1) is 15.7. The standard InChI is InChI=1S/C18H19N5O/c1-11-5-3-7-14(12(11)2)15-9-16(23-18(19)22-15)21-10-13-6-4-8-20-17(13)24/h3-9H,10H2,1-2H3,(H,20,24)(H3,19,21,22,23). The zero-order valence-electron chi connectivity index (χ0n) is 13.6. The van der Waals surface area contributed by atoms with E-state index in [2.05, 4.69) is 40.2 Å². The molecule has 0 saturated heterocycles. The average Bonchev–Trinajstić information content (AvgIpc) is 2.56. The van der Waals surface area contributed by atoms with E-state index in [9.17, 15) is 4.79 Å². The van der Waals surface area contributed by atoms with Gasteiger partial charge in [0.25, 0.3) is 5.56 Å². The van der Waals surface area contributed by atoms with Crippen molar-refractivity contribution >= 4 is 11.8 Å². The van der Waals surface area contributed by atoms with Crippen LogP contribution in [0.3, 0.4) is 0 Å². The summed E-state index contributed by atoms with van der Waals surface area (Å²) in [5.74, 6) is 0.777. The zero-order chi connectivity index (χ0) is 17.1. The summed E-state index contributed by atoms with van der Waals surface area (Å²) in [7, 11) is 0. The Kier molecular flexibility index (Phi) is 4.29. The van der Waals surface area contributed by atoms with Crippen molar-refractivity contribution in [1.29, 1.82) is 0 Å². The van der Waals surface area contributed by atoms with E-state index in [4.69, 9.17) is 5.73 Å². The molecule has 0 aliphatic rings. The lowest BCUT2D eigenvalue weighted by Gasteiger charge is -2.11. The van der Waals surface area contributed by atoms with Crippen molar-refractivity contribution in [2.75, 3.05) is 11.1 Å². The van der Waals surface area contributed by atoms with E-state index in [1.165, 1.54) is 5.56 Å². The number of benzene rings is 1. The third kappa shape index (κ3) is 3.27. The molecule has 122 valence electrons. The van der Waals surface area contributed by atoms with Crippen LogP contribution in [0.1, 0.15) is 16.7 Å². The Morgan fingerprint density at radius 2 is 2.00 bits per heavy atom. The molecule has 6 nitrogen and oxygen atoms in total. The number of rotatable bonds is 4. The number of hydrogen-bond donors (Lipinski definition) is 3. The normalized spacial score (nSPS) is 10.6. The molecular weight excluding hydrogens is 302 g/mol. The van der Waals surface area contributed by atoms with Crippen LogP contribution >= 0.6 is 0 Å². The molecule has 0 fully saturated rings. The molecule has 0 aliphatic heterocycles. The predicted molar refractivity (Wildman–Crippen MR) is 95.7 cm³/mol. The maximum Gasteiger partial charge on any atom is 0.252 e. The van der Waals surface area contributed by atoms with Crippen LogP contribution in [0.4, 0.5) is 11.8 Å². The number of nitrogens with zero attached hydrogens (tertiary/aromatic N) is 2. The van der Waals surface area contributed by atoms with Gasteiger partial charge in [-0.2, -0.15) is 4.98 Å². The minimum atomic E-state index is -0.123. The van der Waals surface area contributed by atoms with Crippen LogP contribution in [0.2, 0.25) is 0 Å². The van der Waals surface area contributed by atoms with Gasteiger partial charge in [0.2, 0.25) is 5.95 Å². The number of aromatic nitrogens is 3. The third-order valence-corrected chi connectivity index (χ3v) is 3.98. The van der Waals surface area contributed by atoms with Crippen LogP contribution in [0.25, 0.3) is 11.3 Å². The Hall–Kier alpha value is -3.15. The fraction of sp³-hybridized carbons (Fsp3) is 0.167. The minimum absolute atomic E-state index is 0.123. The van der Waals surface area contributed by atoms with E-state index in [0.29, 0.717) is 17.9 Å². The van der Waals surface area contributed by atoms with Crippen LogP contribution in [-0.2, 0) is 6.54 Å². The van der Waals surface area contributed by atoms with Crippen molar-refractivity contribution in [2.24, 2.45) is 0 Å². The van der Waals surface area contributed by atoms with E-state index < -0.39 is 0 Å². The highest BCUT2D eigenvalue weighted by Crippen LogP contribution is 2.26. The van der Waals surface area contributed by atoms with Crippen molar-refractivity contribution in [3.63, 3.8) is 0 Å². The molecule has 4 N–H and O–H groups in total. The highest BCUT2D eigenvalue weighted by Gasteiger charge is 2.09. The maximum absolute atomic E-state index is 11.7. The van der Waals surface area contributed by atoms with Crippen LogP contribution in [0, 0.1) is 13.8 Å². The van der Waals surface area contributed by atoms with Gasteiger partial charge in [-0.05, 0) is 31.0 Å². The van der Waals surface area contributed by atoms with Crippen LogP contribution in [0.5, 0.6) is 0 Å². The van der Waals surface area contributed by atoms with Crippen molar-refractivity contribution in [3.8, 4) is 11.3 Å². The molecule has 1 aromatic carbocycles. The number of pyridine rings is 1. The van der Waals surface area contributed by atoms with Crippen molar-refractivity contribution in [1.82, 2.24) is 15.0 Å². The third-order valence-electron chi connectivity index (χ3n) is 3.98. The fourth-order valence-electron chi connectivity index (χ4n) is 2.50. The highest BCUT2D eigenvalue weighted by molar-refractivity contribution is 5.68. The van der Waals surface area contributed by atoms with Gasteiger partial charge in [-0.1, -0.05) is 24.3 Å². The van der Waals surface area contributed by atoms with Gasteiger partial charge in [-0.25, -0.2) is 4.98 Å². The smallest absolute Gasteiger partial charge is 0.252 e. The summed E-state index contributed by atoms with van der Waals surface area (Å²) in [4.78, 5) is 22.9. The summed E-state index contributed by atoms with van der Waals surface area (Å²) in [5.41, 5.74) is 10.5. The minimum Gasteiger partial charge on any atom is -0.368 e. The summed E-state index contributed by atoms with van der Waals surface area (Å²) < 4.78 is 0. The Bertz CT molecular complexity index is 933. The second-order valence-corrected chi connectivity index (χ2v) is 5.62. The van der Waals surface area contributed by atoms with Gasteiger partial charge in [0.15, 0.2) is 0 Å². The highest BCUT2D eigenvalue weighted by atomic mass is 16.1. The van der Waals surface area contributed by atoms with Gasteiger partial charge in [0, 0.05) is 29.9 Å². The second kappa shape index (κ2) is 6.54. The first-order valence-corrected chi connectivity index (χ1v) is 7.66. The SMILES string of the molecule is Cc1cccc(-c2cc(NCc3ccc[nH]c3=O)nc(N)n2)c1C. The van der Waals surface area contributed by atoms with Gasteiger partial charge in [-0.15, -0.1) is 0 Å². The Morgan fingerprint density at radius 3 is 2.79 bits per heavy atom. The number of nitrogens with two attached hydrogens (primary N) is 1. The van der Waals surface area contributed by atoms with Crippen LogP contribution in [0.15, 0.2) is 47.4 Å². The molecule has 0 saturated carbocycles. The van der Waals surface area contributed by atoms with E-state index >= 15 is 0 Å². The lowest BCUT2D eigenvalue weighted by molar-refractivity contribution is 1.04. The first-order valence-electron chi connectivity index (χ1n) is 7.66. The molecular formula is C18H19N5O. The maximum atomic E-state index is 11.7. The molecule has 0 spiro atoms. The lowest BCUT2D eigenvalue weighted by atomic mass is 10.0. The van der Waals surface area contributed by atoms with Crippen molar-refractivity contribution < 1.29 is 0 Å². The lowest BCUT2D eigenvalue weighted by Crippen LogP contribution is -2.15. The molecule has 2 aromatic heterocycles. The summed E-state index contributed by atoms with van der Waals surface area (Å²) in [6, 6.07) is 11.5. The molecule has 0 amide bonds. The molecule has 0 atom stereocenters. The Balaban J connectivity index is 1.91. The molecule has 24 heavy (non-hydrogen) atoms. The number of anilines is 2. The average molecular weight is 321 g/mol. The van der Waals surface area contributed by atoms with Crippen molar-refractivity contribution in [3.05, 3.63) is 69.6 Å². The predicted octanol–water partition coefficient (Wildman–Crippen LogP) is 2.64. The van der Waals surface area contributed by atoms with Gasteiger partial charge >= 0.3 is 0 Å². The van der Waals surface area contributed by atoms with E-state index in [1.54, 1.807) is 18.3 Å². The molecule has 0 aliphatic carbocycles. The quantitative estimate of drug-likeness (QED) is 0.686. The monoisotopic (exact) mass is 321 g/mol. The summed E-state index contributed by atoms with van der Waals surface area (Å²) in [6.07, 6.45) is 1.60. The second-order valence-electron chi connectivity index (χ2n) is 5.62. The first-order chi connectivity index (χ1) is 11.5. The van der Waals surface area contributed by atoms with E-state index in [1.807, 2.05) is 18.2 Å². The van der Waals surface area contributed by atoms with Gasteiger partial charge in [0.1, 0.15) is 5.82 Å². The Morgan fingerprint density at radius 1 is 1.17 bits per heavy atom. The van der Waals surface area contributed by atoms with Gasteiger partial charge in [-0.3, -0.25) is 4.79 Å². The fourth-order valence-corrected chi connectivity index (χ4v) is 2.50.